The zero-order chi connectivity index (χ0) is 13.5. The lowest BCUT2D eigenvalue weighted by molar-refractivity contribution is -0.131. The molecule has 1 amide bonds. The average molecular weight is 255 g/mol. The van der Waals surface area contributed by atoms with E-state index in [1.54, 1.807) is 0 Å². The molecule has 1 rings (SSSR count). The van der Waals surface area contributed by atoms with Crippen molar-refractivity contribution in [2.75, 3.05) is 33.2 Å². The van der Waals surface area contributed by atoms with E-state index in [9.17, 15) is 4.79 Å². The van der Waals surface area contributed by atoms with Crippen molar-refractivity contribution in [3.05, 3.63) is 0 Å². The van der Waals surface area contributed by atoms with Gasteiger partial charge in [-0.25, -0.2) is 0 Å². The molecule has 0 aromatic rings. The first-order valence-corrected chi connectivity index (χ1v) is 7.22. The topological polar surface area (TPSA) is 49.6 Å². The van der Waals surface area contributed by atoms with Gasteiger partial charge in [-0.1, -0.05) is 13.8 Å². The summed E-state index contributed by atoms with van der Waals surface area (Å²) in [6, 6.07) is 0.192. The number of rotatable bonds is 7. The molecule has 0 spiro atoms. The first-order valence-electron chi connectivity index (χ1n) is 7.22. The fourth-order valence-corrected chi connectivity index (χ4v) is 2.36. The van der Waals surface area contributed by atoms with Gasteiger partial charge in [-0.15, -0.1) is 0 Å². The van der Waals surface area contributed by atoms with Crippen LogP contribution in [0.3, 0.4) is 0 Å². The van der Waals surface area contributed by atoms with Crippen molar-refractivity contribution in [3.8, 4) is 0 Å². The number of hydrogen-bond acceptors (Lipinski definition) is 3. The molecule has 1 aliphatic rings. The van der Waals surface area contributed by atoms with E-state index < -0.39 is 0 Å². The molecule has 4 heteroatoms. The number of nitrogens with zero attached hydrogens (tertiary/aromatic N) is 2. The molecule has 0 aromatic heterocycles. The van der Waals surface area contributed by atoms with E-state index in [-0.39, 0.29) is 11.9 Å². The van der Waals surface area contributed by atoms with Gasteiger partial charge in [0, 0.05) is 32.1 Å². The Kier molecular flexibility index (Phi) is 6.65. The Morgan fingerprint density at radius 2 is 1.94 bits per heavy atom. The number of likely N-dealkylation sites (N-methyl/N-ethyl adjacent to an activating group) is 1. The van der Waals surface area contributed by atoms with Crippen molar-refractivity contribution in [2.24, 2.45) is 11.7 Å². The Bertz CT molecular complexity index is 249. The van der Waals surface area contributed by atoms with Crippen molar-refractivity contribution in [2.45, 2.75) is 45.6 Å². The maximum atomic E-state index is 12.1. The minimum absolute atomic E-state index is 0.192. The summed E-state index contributed by atoms with van der Waals surface area (Å²) in [5.74, 6) is 0.972. The molecule has 1 fully saturated rings. The van der Waals surface area contributed by atoms with Crippen molar-refractivity contribution >= 4 is 5.91 Å². The van der Waals surface area contributed by atoms with Crippen LogP contribution >= 0.6 is 0 Å². The third kappa shape index (κ3) is 4.94. The van der Waals surface area contributed by atoms with Gasteiger partial charge in [-0.05, 0) is 38.8 Å². The Morgan fingerprint density at radius 3 is 2.44 bits per heavy atom. The highest BCUT2D eigenvalue weighted by molar-refractivity contribution is 5.77. The molecule has 18 heavy (non-hydrogen) atoms. The van der Waals surface area contributed by atoms with Gasteiger partial charge in [0.25, 0.3) is 0 Å². The van der Waals surface area contributed by atoms with Crippen molar-refractivity contribution in [3.63, 3.8) is 0 Å². The van der Waals surface area contributed by atoms with Crippen molar-refractivity contribution in [1.29, 1.82) is 0 Å². The fraction of sp³-hybridized carbons (Fsp3) is 0.929. The van der Waals surface area contributed by atoms with Crippen LogP contribution in [0.4, 0.5) is 0 Å². The van der Waals surface area contributed by atoms with Crippen LogP contribution in [-0.2, 0) is 4.79 Å². The summed E-state index contributed by atoms with van der Waals surface area (Å²) < 4.78 is 0. The molecule has 1 saturated heterocycles. The fourth-order valence-electron chi connectivity index (χ4n) is 2.36. The molecule has 0 bridgehead atoms. The highest BCUT2D eigenvalue weighted by Crippen LogP contribution is 2.12. The van der Waals surface area contributed by atoms with Gasteiger partial charge in [0.05, 0.1) is 0 Å². The second kappa shape index (κ2) is 7.74. The minimum atomic E-state index is 0.192. The second-order valence-corrected chi connectivity index (χ2v) is 5.84. The minimum Gasteiger partial charge on any atom is -0.343 e. The third-order valence-electron chi connectivity index (χ3n) is 3.82. The SMILES string of the molecule is CC(C)CCN(C)C(CN)CC(=O)N1CCCC1. The first-order chi connectivity index (χ1) is 8.54. The zero-order valence-corrected chi connectivity index (χ0v) is 12.2. The monoisotopic (exact) mass is 255 g/mol. The molecule has 4 nitrogen and oxygen atoms in total. The highest BCUT2D eigenvalue weighted by atomic mass is 16.2. The Balaban J connectivity index is 2.37. The number of amides is 1. The average Bonchev–Trinajstić information content (AvgIpc) is 2.86. The largest absolute Gasteiger partial charge is 0.343 e. The molecule has 0 saturated carbocycles. The maximum Gasteiger partial charge on any atom is 0.224 e. The van der Waals surface area contributed by atoms with Gasteiger partial charge >= 0.3 is 0 Å². The predicted octanol–water partition coefficient (Wildman–Crippen LogP) is 1.30. The summed E-state index contributed by atoms with van der Waals surface area (Å²) in [4.78, 5) is 16.3. The van der Waals surface area contributed by atoms with Crippen molar-refractivity contribution < 1.29 is 4.79 Å². The summed E-state index contributed by atoms with van der Waals surface area (Å²) in [5, 5.41) is 0. The van der Waals surface area contributed by atoms with Crippen LogP contribution in [0.25, 0.3) is 0 Å². The quantitative estimate of drug-likeness (QED) is 0.746. The number of likely N-dealkylation sites (tertiary alicyclic amines) is 1. The van der Waals surface area contributed by atoms with Crippen LogP contribution in [0, 0.1) is 5.92 Å². The van der Waals surface area contributed by atoms with Crippen LogP contribution in [-0.4, -0.2) is 55.0 Å². The molecular formula is C14H29N3O. The van der Waals surface area contributed by atoms with Crippen LogP contribution in [0.5, 0.6) is 0 Å². The van der Waals surface area contributed by atoms with Gasteiger partial charge in [-0.3, -0.25) is 4.79 Å². The van der Waals surface area contributed by atoms with Crippen LogP contribution in [0.15, 0.2) is 0 Å². The van der Waals surface area contributed by atoms with E-state index in [1.807, 2.05) is 4.90 Å². The second-order valence-electron chi connectivity index (χ2n) is 5.84. The van der Waals surface area contributed by atoms with Gasteiger partial charge in [-0.2, -0.15) is 0 Å². The summed E-state index contributed by atoms with van der Waals surface area (Å²) in [7, 11) is 2.08. The lowest BCUT2D eigenvalue weighted by Gasteiger charge is -2.28. The van der Waals surface area contributed by atoms with Crippen LogP contribution in [0.2, 0.25) is 0 Å². The molecule has 1 unspecified atom stereocenters. The number of carbonyl (C=O) groups excluding carboxylic acids is 1. The third-order valence-corrected chi connectivity index (χ3v) is 3.82. The molecule has 0 aromatic carbocycles. The van der Waals surface area contributed by atoms with Gasteiger partial charge < -0.3 is 15.5 Å². The smallest absolute Gasteiger partial charge is 0.224 e. The molecular weight excluding hydrogens is 226 g/mol. The molecule has 1 heterocycles. The number of carbonyl (C=O) groups is 1. The van der Waals surface area contributed by atoms with E-state index in [0.29, 0.717) is 18.9 Å². The van der Waals surface area contributed by atoms with Gasteiger partial charge in [0.15, 0.2) is 0 Å². The zero-order valence-electron chi connectivity index (χ0n) is 12.2. The predicted molar refractivity (Wildman–Crippen MR) is 75.4 cm³/mol. The van der Waals surface area contributed by atoms with E-state index in [4.69, 9.17) is 5.73 Å². The Morgan fingerprint density at radius 1 is 1.33 bits per heavy atom. The lowest BCUT2D eigenvalue weighted by Crippen LogP contribution is -2.43. The van der Waals surface area contributed by atoms with Crippen molar-refractivity contribution in [1.82, 2.24) is 9.80 Å². The maximum absolute atomic E-state index is 12.1. The lowest BCUT2D eigenvalue weighted by atomic mass is 10.1. The Hall–Kier alpha value is -0.610. The van der Waals surface area contributed by atoms with E-state index in [2.05, 4.69) is 25.8 Å². The van der Waals surface area contributed by atoms with Gasteiger partial charge in [0.1, 0.15) is 0 Å². The van der Waals surface area contributed by atoms with Gasteiger partial charge in [0.2, 0.25) is 5.91 Å². The standard InChI is InChI=1S/C14H29N3O/c1-12(2)6-9-16(3)13(11-15)10-14(18)17-7-4-5-8-17/h12-13H,4-11,15H2,1-3H3. The Labute approximate surface area is 111 Å². The normalized spacial score (nSPS) is 17.8. The molecule has 0 aliphatic carbocycles. The molecule has 106 valence electrons. The first kappa shape index (κ1) is 15.4. The number of hydrogen-bond donors (Lipinski definition) is 1. The molecule has 1 atom stereocenters. The summed E-state index contributed by atoms with van der Waals surface area (Å²) in [6.45, 7) is 7.90. The number of nitrogens with two attached hydrogens (primary N) is 1. The molecule has 1 aliphatic heterocycles. The van der Waals surface area contributed by atoms with E-state index in [1.165, 1.54) is 0 Å². The van der Waals surface area contributed by atoms with Crippen LogP contribution < -0.4 is 5.73 Å². The summed E-state index contributed by atoms with van der Waals surface area (Å²) >= 11 is 0. The molecule has 0 radical (unpaired) electrons. The highest BCUT2D eigenvalue weighted by Gasteiger charge is 2.23. The summed E-state index contributed by atoms with van der Waals surface area (Å²) in [6.07, 6.45) is 4.04. The van der Waals surface area contributed by atoms with E-state index >= 15 is 0 Å². The molecule has 2 N–H and O–H groups in total. The van der Waals surface area contributed by atoms with E-state index in [0.717, 1.165) is 38.9 Å². The summed E-state index contributed by atoms with van der Waals surface area (Å²) in [5.41, 5.74) is 5.81. The van der Waals surface area contributed by atoms with Crippen LogP contribution in [0.1, 0.15) is 39.5 Å².